The van der Waals surface area contributed by atoms with Gasteiger partial charge in [0.15, 0.2) is 23.9 Å². The first-order valence-corrected chi connectivity index (χ1v) is 7.89. The van der Waals surface area contributed by atoms with E-state index in [0.29, 0.717) is 5.82 Å². The lowest BCUT2D eigenvalue weighted by Crippen LogP contribution is -2.24. The average molecular weight is 322 g/mol. The minimum Gasteiger partial charge on any atom is -0.483 e. The Bertz CT molecular complexity index is 858. The van der Waals surface area contributed by atoms with Crippen LogP contribution in [0.4, 0.5) is 0 Å². The Kier molecular flexibility index (Phi) is 3.45. The third-order valence-electron chi connectivity index (χ3n) is 3.95. The fourth-order valence-corrected chi connectivity index (χ4v) is 2.91. The summed E-state index contributed by atoms with van der Waals surface area (Å²) in [5, 5.41) is 11.9. The number of nitrogens with zero attached hydrogens (tertiary/aromatic N) is 4. The van der Waals surface area contributed by atoms with Gasteiger partial charge < -0.3 is 9.47 Å². The second-order valence-electron chi connectivity index (χ2n) is 6.41. The summed E-state index contributed by atoms with van der Waals surface area (Å²) in [6, 6.07) is 15.7. The van der Waals surface area contributed by atoms with Gasteiger partial charge in [-0.2, -0.15) is 4.68 Å². The molecule has 0 bridgehead atoms. The second kappa shape index (κ2) is 5.63. The molecule has 4 rings (SSSR count). The molecular formula is C18H18N4O2. The number of ether oxygens (including phenoxy) is 2. The first-order chi connectivity index (χ1) is 11.6. The lowest BCUT2D eigenvalue weighted by Gasteiger charge is -2.18. The number of aromatic nitrogens is 4. The molecule has 2 aromatic carbocycles. The Morgan fingerprint density at radius 2 is 1.96 bits per heavy atom. The monoisotopic (exact) mass is 322 g/mol. The molecule has 122 valence electrons. The van der Waals surface area contributed by atoms with Gasteiger partial charge in [-0.25, -0.2) is 0 Å². The molecule has 1 aliphatic heterocycles. The number of hydrogen-bond acceptors (Lipinski definition) is 5. The summed E-state index contributed by atoms with van der Waals surface area (Å²) in [5.74, 6) is 2.18. The van der Waals surface area contributed by atoms with Crippen LogP contribution in [0.3, 0.4) is 0 Å². The van der Waals surface area contributed by atoms with Crippen LogP contribution in [0, 0.1) is 0 Å². The lowest BCUT2D eigenvalue weighted by atomic mass is 10.0. The highest BCUT2D eigenvalue weighted by molar-refractivity contribution is 5.50. The highest BCUT2D eigenvalue weighted by atomic mass is 16.5. The van der Waals surface area contributed by atoms with Gasteiger partial charge in [0, 0.05) is 12.0 Å². The lowest BCUT2D eigenvalue weighted by molar-refractivity contribution is 0.131. The van der Waals surface area contributed by atoms with Crippen molar-refractivity contribution in [2.24, 2.45) is 0 Å². The van der Waals surface area contributed by atoms with Crippen molar-refractivity contribution >= 4 is 0 Å². The normalized spacial score (nSPS) is 14.9. The van der Waals surface area contributed by atoms with Crippen molar-refractivity contribution in [2.75, 3.05) is 0 Å². The van der Waals surface area contributed by atoms with Gasteiger partial charge in [-0.15, -0.1) is 5.10 Å². The van der Waals surface area contributed by atoms with E-state index in [1.165, 1.54) is 5.56 Å². The van der Waals surface area contributed by atoms with Gasteiger partial charge in [-0.1, -0.05) is 30.3 Å². The van der Waals surface area contributed by atoms with Crippen molar-refractivity contribution in [3.63, 3.8) is 0 Å². The fraction of sp³-hybridized carbons (Fsp3) is 0.278. The molecule has 0 unspecified atom stereocenters. The number of hydrogen-bond donors (Lipinski definition) is 0. The van der Waals surface area contributed by atoms with Crippen LogP contribution >= 0.6 is 0 Å². The Hall–Kier alpha value is -2.89. The van der Waals surface area contributed by atoms with E-state index in [0.717, 1.165) is 23.6 Å². The minimum absolute atomic E-state index is 0.201. The molecule has 0 radical (unpaired) electrons. The summed E-state index contributed by atoms with van der Waals surface area (Å²) in [4.78, 5) is 0. The van der Waals surface area contributed by atoms with Gasteiger partial charge in [0.25, 0.3) is 0 Å². The Labute approximate surface area is 140 Å². The highest BCUT2D eigenvalue weighted by Crippen LogP contribution is 2.41. The van der Waals surface area contributed by atoms with Gasteiger partial charge in [-0.05, 0) is 42.5 Å². The Balaban J connectivity index is 1.56. The molecule has 0 spiro atoms. The molecule has 2 heterocycles. The number of benzene rings is 2. The van der Waals surface area contributed by atoms with E-state index in [4.69, 9.17) is 9.47 Å². The predicted molar refractivity (Wildman–Crippen MR) is 88.3 cm³/mol. The zero-order valence-corrected chi connectivity index (χ0v) is 13.6. The zero-order chi connectivity index (χ0) is 16.6. The van der Waals surface area contributed by atoms with Crippen molar-refractivity contribution in [2.45, 2.75) is 32.5 Å². The van der Waals surface area contributed by atoms with E-state index in [1.54, 1.807) is 4.68 Å². The molecule has 0 aliphatic carbocycles. The third-order valence-corrected chi connectivity index (χ3v) is 3.95. The zero-order valence-electron chi connectivity index (χ0n) is 13.6. The van der Waals surface area contributed by atoms with Gasteiger partial charge in [0.2, 0.25) is 0 Å². The predicted octanol–water partition coefficient (Wildman–Crippen LogP) is 2.95. The summed E-state index contributed by atoms with van der Waals surface area (Å²) in [6.07, 6.45) is 0.876. The summed E-state index contributed by atoms with van der Waals surface area (Å²) in [6.45, 7) is 4.42. The minimum atomic E-state index is -0.201. The summed E-state index contributed by atoms with van der Waals surface area (Å²) in [7, 11) is 0. The van der Waals surface area contributed by atoms with Crippen LogP contribution in [0.1, 0.15) is 25.2 Å². The quantitative estimate of drug-likeness (QED) is 0.739. The van der Waals surface area contributed by atoms with Crippen molar-refractivity contribution in [1.82, 2.24) is 20.2 Å². The van der Waals surface area contributed by atoms with Gasteiger partial charge >= 0.3 is 0 Å². The van der Waals surface area contributed by atoms with E-state index in [2.05, 4.69) is 35.4 Å². The topological polar surface area (TPSA) is 62.1 Å². The first kappa shape index (κ1) is 14.7. The first-order valence-electron chi connectivity index (χ1n) is 7.89. The van der Waals surface area contributed by atoms with Crippen molar-refractivity contribution in [1.29, 1.82) is 0 Å². The maximum absolute atomic E-state index is 6.03. The molecular weight excluding hydrogens is 304 g/mol. The fourth-order valence-electron chi connectivity index (χ4n) is 2.91. The highest BCUT2D eigenvalue weighted by Gasteiger charge is 2.32. The van der Waals surface area contributed by atoms with E-state index < -0.39 is 0 Å². The molecule has 0 fully saturated rings. The summed E-state index contributed by atoms with van der Waals surface area (Å²) in [5.41, 5.74) is 1.87. The second-order valence-corrected chi connectivity index (χ2v) is 6.41. The van der Waals surface area contributed by atoms with Crippen molar-refractivity contribution < 1.29 is 9.47 Å². The largest absolute Gasteiger partial charge is 0.483 e. The van der Waals surface area contributed by atoms with Crippen LogP contribution in [0.15, 0.2) is 48.5 Å². The Morgan fingerprint density at radius 3 is 2.79 bits per heavy atom. The van der Waals surface area contributed by atoms with Crippen LogP contribution in [0.5, 0.6) is 11.5 Å². The number of rotatable bonds is 4. The number of tetrazole rings is 1. The molecule has 24 heavy (non-hydrogen) atoms. The van der Waals surface area contributed by atoms with Crippen molar-refractivity contribution in [3.8, 4) is 17.2 Å². The maximum atomic E-state index is 6.03. The molecule has 0 N–H and O–H groups in total. The number of para-hydroxylation sites is 2. The summed E-state index contributed by atoms with van der Waals surface area (Å²) < 4.78 is 13.7. The SMILES string of the molecule is CC1(C)Cc2cccc(OCc3nnnn3-c3ccccc3)c2O1. The van der Waals surface area contributed by atoms with E-state index in [-0.39, 0.29) is 12.2 Å². The van der Waals surface area contributed by atoms with Crippen LogP contribution in [-0.2, 0) is 13.0 Å². The van der Waals surface area contributed by atoms with E-state index in [9.17, 15) is 0 Å². The molecule has 0 atom stereocenters. The molecule has 0 saturated carbocycles. The van der Waals surface area contributed by atoms with Crippen LogP contribution in [-0.4, -0.2) is 25.8 Å². The van der Waals surface area contributed by atoms with E-state index in [1.807, 2.05) is 42.5 Å². The number of fused-ring (bicyclic) bond motifs is 1. The maximum Gasteiger partial charge on any atom is 0.194 e. The summed E-state index contributed by atoms with van der Waals surface area (Å²) >= 11 is 0. The third kappa shape index (κ3) is 2.71. The van der Waals surface area contributed by atoms with Gasteiger partial charge in [-0.3, -0.25) is 0 Å². The van der Waals surface area contributed by atoms with Gasteiger partial charge in [0.1, 0.15) is 5.60 Å². The van der Waals surface area contributed by atoms with Crippen LogP contribution in [0.2, 0.25) is 0 Å². The molecule has 0 saturated heterocycles. The molecule has 6 heteroatoms. The smallest absolute Gasteiger partial charge is 0.194 e. The standard InChI is InChI=1S/C18H18N4O2/c1-18(2)11-13-7-6-10-15(17(13)24-18)23-12-16-19-20-21-22(16)14-8-4-3-5-9-14/h3-10H,11-12H2,1-2H3. The van der Waals surface area contributed by atoms with Gasteiger partial charge in [0.05, 0.1) is 5.69 Å². The molecule has 1 aliphatic rings. The molecule has 0 amide bonds. The molecule has 1 aromatic heterocycles. The molecule has 3 aromatic rings. The molecule has 6 nitrogen and oxygen atoms in total. The Morgan fingerprint density at radius 1 is 1.12 bits per heavy atom. The van der Waals surface area contributed by atoms with Crippen molar-refractivity contribution in [3.05, 3.63) is 59.9 Å². The van der Waals surface area contributed by atoms with Crippen LogP contribution < -0.4 is 9.47 Å². The van der Waals surface area contributed by atoms with E-state index >= 15 is 0 Å². The average Bonchev–Trinajstić information content (AvgIpc) is 3.16. The van der Waals surface area contributed by atoms with Crippen LogP contribution in [0.25, 0.3) is 5.69 Å².